The molecule has 5 rings (SSSR count). The van der Waals surface area contributed by atoms with Crippen LogP contribution in [0.1, 0.15) is 22.9 Å². The molecule has 6 nitrogen and oxygen atoms in total. The molecule has 170 valence electrons. The number of amides is 1. The fourth-order valence-electron chi connectivity index (χ4n) is 4.61. The van der Waals surface area contributed by atoms with E-state index in [0.29, 0.717) is 22.0 Å². The molecule has 1 atom stereocenters. The van der Waals surface area contributed by atoms with E-state index in [0.717, 1.165) is 22.2 Å². The topological polar surface area (TPSA) is 82.6 Å². The Kier molecular flexibility index (Phi) is 5.38. The lowest BCUT2D eigenvalue weighted by Gasteiger charge is -2.26. The lowest BCUT2D eigenvalue weighted by Crippen LogP contribution is -2.29. The van der Waals surface area contributed by atoms with Crippen LogP contribution < -0.4 is 9.64 Å². The number of aliphatic hydroxyl groups is 1. The summed E-state index contributed by atoms with van der Waals surface area (Å²) in [5.41, 5.74) is 3.23. The maximum Gasteiger partial charge on any atom is 0.300 e. The summed E-state index contributed by atoms with van der Waals surface area (Å²) >= 11 is 6.08. The molecule has 1 aliphatic heterocycles. The highest BCUT2D eigenvalue weighted by molar-refractivity contribution is 6.52. The van der Waals surface area contributed by atoms with E-state index in [1.54, 1.807) is 48.5 Å². The number of hydrogen-bond donors (Lipinski definition) is 2. The van der Waals surface area contributed by atoms with Crippen molar-refractivity contribution < 1.29 is 19.4 Å². The number of aliphatic hydroxyl groups excluding tert-OH is 1. The first kappa shape index (κ1) is 21.8. The van der Waals surface area contributed by atoms with Crippen molar-refractivity contribution in [1.82, 2.24) is 4.98 Å². The van der Waals surface area contributed by atoms with Gasteiger partial charge in [-0.25, -0.2) is 0 Å². The number of carbonyl (C=O) groups is 2. The summed E-state index contributed by atoms with van der Waals surface area (Å²) < 4.78 is 5.41. The van der Waals surface area contributed by atoms with Gasteiger partial charge in [-0.1, -0.05) is 41.9 Å². The minimum atomic E-state index is -0.859. The second kappa shape index (κ2) is 8.39. The standard InChI is InChI=1S/C27H21ClN2O4/c1-15-22(18-7-3-5-9-20(18)29-15)24-23(25(31)19-8-4-6-10-21(19)34-2)26(32)27(33)30(24)17-13-11-16(28)12-14-17/h3-14,24,29,31H,1-2H3/b25-23+. The van der Waals surface area contributed by atoms with E-state index in [2.05, 4.69) is 4.98 Å². The number of H-pyrrole nitrogens is 1. The molecule has 34 heavy (non-hydrogen) atoms. The number of aromatic amines is 1. The summed E-state index contributed by atoms with van der Waals surface area (Å²) in [7, 11) is 1.49. The Balaban J connectivity index is 1.83. The van der Waals surface area contributed by atoms with Crippen molar-refractivity contribution in [3.05, 3.63) is 100 Å². The maximum absolute atomic E-state index is 13.4. The molecule has 4 aromatic rings. The zero-order valence-corrected chi connectivity index (χ0v) is 19.3. The number of carbonyl (C=O) groups excluding carboxylic acids is 2. The summed E-state index contributed by atoms with van der Waals surface area (Å²) in [6, 6.07) is 20.4. The molecule has 1 saturated heterocycles. The van der Waals surface area contributed by atoms with Crippen LogP contribution >= 0.6 is 11.6 Å². The number of aromatic nitrogens is 1. The van der Waals surface area contributed by atoms with Crippen molar-refractivity contribution in [2.24, 2.45) is 0 Å². The second-order valence-corrected chi connectivity index (χ2v) is 8.49. The summed E-state index contributed by atoms with van der Waals surface area (Å²) in [5.74, 6) is -1.39. The first-order valence-electron chi connectivity index (χ1n) is 10.7. The van der Waals surface area contributed by atoms with Gasteiger partial charge in [-0.05, 0) is 49.4 Å². The van der Waals surface area contributed by atoms with E-state index in [1.165, 1.54) is 12.0 Å². The summed E-state index contributed by atoms with van der Waals surface area (Å²) in [6.45, 7) is 1.89. The number of ether oxygens (including phenoxy) is 1. The van der Waals surface area contributed by atoms with Gasteiger partial charge in [-0.15, -0.1) is 0 Å². The van der Waals surface area contributed by atoms with Gasteiger partial charge >= 0.3 is 0 Å². The summed E-state index contributed by atoms with van der Waals surface area (Å²) in [5, 5.41) is 12.8. The number of nitrogens with zero attached hydrogens (tertiary/aromatic N) is 1. The third kappa shape index (κ3) is 3.35. The van der Waals surface area contributed by atoms with Gasteiger partial charge in [0.2, 0.25) is 0 Å². The number of hydrogen-bond acceptors (Lipinski definition) is 4. The van der Waals surface area contributed by atoms with Crippen molar-refractivity contribution >= 4 is 45.6 Å². The largest absolute Gasteiger partial charge is 0.507 e. The van der Waals surface area contributed by atoms with Gasteiger partial charge in [-0.2, -0.15) is 0 Å². The van der Waals surface area contributed by atoms with Crippen LogP contribution in [0.2, 0.25) is 5.02 Å². The van der Waals surface area contributed by atoms with E-state index in [-0.39, 0.29) is 11.3 Å². The van der Waals surface area contributed by atoms with Gasteiger partial charge in [0.15, 0.2) is 0 Å². The lowest BCUT2D eigenvalue weighted by atomic mass is 9.93. The molecular weight excluding hydrogens is 452 g/mol. The fraction of sp³-hybridized carbons (Fsp3) is 0.111. The van der Waals surface area contributed by atoms with Crippen molar-refractivity contribution in [3.8, 4) is 5.75 Å². The normalized spacial score (nSPS) is 17.5. The SMILES string of the molecule is COc1ccccc1/C(O)=C1\C(=O)C(=O)N(c2ccc(Cl)cc2)C1c1c(C)[nH]c2ccccc12. The van der Waals surface area contributed by atoms with Crippen molar-refractivity contribution in [2.45, 2.75) is 13.0 Å². The van der Waals surface area contributed by atoms with Crippen LogP contribution in [-0.4, -0.2) is 28.9 Å². The van der Waals surface area contributed by atoms with Crippen molar-refractivity contribution in [1.29, 1.82) is 0 Å². The van der Waals surface area contributed by atoms with Crippen LogP contribution in [0.4, 0.5) is 5.69 Å². The van der Waals surface area contributed by atoms with E-state index in [4.69, 9.17) is 16.3 Å². The minimum Gasteiger partial charge on any atom is -0.507 e. The Morgan fingerprint density at radius 2 is 1.68 bits per heavy atom. The highest BCUT2D eigenvalue weighted by Crippen LogP contribution is 2.46. The molecule has 1 aromatic heterocycles. The van der Waals surface area contributed by atoms with E-state index >= 15 is 0 Å². The summed E-state index contributed by atoms with van der Waals surface area (Å²) in [4.78, 5) is 31.6. The Morgan fingerprint density at radius 1 is 1.00 bits per heavy atom. The molecule has 2 N–H and O–H groups in total. The number of halogens is 1. The van der Waals surface area contributed by atoms with E-state index in [1.807, 2.05) is 31.2 Å². The lowest BCUT2D eigenvalue weighted by molar-refractivity contribution is -0.132. The zero-order chi connectivity index (χ0) is 24.0. The van der Waals surface area contributed by atoms with Crippen LogP contribution in [0.5, 0.6) is 5.75 Å². The van der Waals surface area contributed by atoms with Crippen LogP contribution in [0, 0.1) is 6.92 Å². The Bertz CT molecular complexity index is 1470. The molecule has 0 saturated carbocycles. The third-order valence-corrected chi connectivity index (χ3v) is 6.38. The zero-order valence-electron chi connectivity index (χ0n) is 18.5. The van der Waals surface area contributed by atoms with Gasteiger partial charge in [0, 0.05) is 32.9 Å². The number of rotatable bonds is 4. The smallest absolute Gasteiger partial charge is 0.300 e. The molecule has 3 aromatic carbocycles. The number of methoxy groups -OCH3 is 1. The van der Waals surface area contributed by atoms with Crippen molar-refractivity contribution in [2.75, 3.05) is 12.0 Å². The number of benzene rings is 3. The average Bonchev–Trinajstić information content (AvgIpc) is 3.31. The second-order valence-electron chi connectivity index (χ2n) is 8.06. The number of Topliss-reactive ketones (excluding diaryl/α,β-unsaturated/α-hetero) is 1. The highest BCUT2D eigenvalue weighted by atomic mass is 35.5. The maximum atomic E-state index is 13.4. The summed E-state index contributed by atoms with van der Waals surface area (Å²) in [6.07, 6.45) is 0. The van der Waals surface area contributed by atoms with Crippen molar-refractivity contribution in [3.63, 3.8) is 0 Å². The molecule has 7 heteroatoms. The van der Waals surface area contributed by atoms with Gasteiger partial charge in [0.25, 0.3) is 11.7 Å². The number of nitrogens with one attached hydrogen (secondary N) is 1. The average molecular weight is 473 g/mol. The number of ketones is 1. The first-order chi connectivity index (χ1) is 16.4. The van der Waals surface area contributed by atoms with Gasteiger partial charge in [-0.3, -0.25) is 14.5 Å². The van der Waals surface area contributed by atoms with Crippen LogP contribution in [0.15, 0.2) is 78.4 Å². The molecule has 1 amide bonds. The van der Waals surface area contributed by atoms with Gasteiger partial charge in [0.1, 0.15) is 11.5 Å². The molecule has 1 aliphatic rings. The van der Waals surface area contributed by atoms with Crippen LogP contribution in [-0.2, 0) is 9.59 Å². The third-order valence-electron chi connectivity index (χ3n) is 6.13. The quantitative estimate of drug-likeness (QED) is 0.224. The predicted octanol–water partition coefficient (Wildman–Crippen LogP) is 5.76. The molecule has 1 fully saturated rings. The van der Waals surface area contributed by atoms with E-state index < -0.39 is 17.7 Å². The Labute approximate surface area is 201 Å². The monoisotopic (exact) mass is 472 g/mol. The number of aryl methyl sites for hydroxylation is 1. The molecular formula is C27H21ClN2O4. The molecule has 0 radical (unpaired) electrons. The Hall–Kier alpha value is -4.03. The van der Waals surface area contributed by atoms with Gasteiger partial charge in [0.05, 0.1) is 24.3 Å². The first-order valence-corrected chi connectivity index (χ1v) is 11.1. The van der Waals surface area contributed by atoms with Gasteiger partial charge < -0.3 is 14.8 Å². The molecule has 0 spiro atoms. The fourth-order valence-corrected chi connectivity index (χ4v) is 4.74. The van der Waals surface area contributed by atoms with E-state index in [9.17, 15) is 14.7 Å². The molecule has 0 aliphatic carbocycles. The van der Waals surface area contributed by atoms with Crippen LogP contribution in [0.25, 0.3) is 16.7 Å². The minimum absolute atomic E-state index is 0.00250. The molecule has 1 unspecified atom stereocenters. The number of fused-ring (bicyclic) bond motifs is 1. The number of anilines is 1. The number of para-hydroxylation sites is 2. The Morgan fingerprint density at radius 3 is 2.41 bits per heavy atom. The highest BCUT2D eigenvalue weighted by Gasteiger charge is 2.48. The molecule has 2 heterocycles. The van der Waals surface area contributed by atoms with Crippen LogP contribution in [0.3, 0.4) is 0 Å². The predicted molar refractivity (Wildman–Crippen MR) is 132 cm³/mol. The molecule has 0 bridgehead atoms.